The first-order valence-corrected chi connectivity index (χ1v) is 7.01. The molecule has 0 bridgehead atoms. The third kappa shape index (κ3) is 2.50. The van der Waals surface area contributed by atoms with Gasteiger partial charge in [-0.1, -0.05) is 19.1 Å². The van der Waals surface area contributed by atoms with Crippen molar-refractivity contribution in [3.05, 3.63) is 54.0 Å². The lowest BCUT2D eigenvalue weighted by atomic mass is 10.2. The lowest BCUT2D eigenvalue weighted by Gasteiger charge is -2.10. The number of nitrogens with one attached hydrogen (secondary N) is 1. The molecule has 0 aliphatic rings. The maximum absolute atomic E-state index is 12.5. The maximum Gasteiger partial charge on any atom is 0.274 e. The van der Waals surface area contributed by atoms with Crippen molar-refractivity contribution < 1.29 is 9.53 Å². The van der Waals surface area contributed by atoms with E-state index >= 15 is 0 Å². The van der Waals surface area contributed by atoms with E-state index in [0.717, 1.165) is 12.1 Å². The Kier molecular flexibility index (Phi) is 3.74. The van der Waals surface area contributed by atoms with E-state index in [9.17, 15) is 4.79 Å². The first-order valence-electron chi connectivity index (χ1n) is 7.01. The number of para-hydroxylation sites is 2. The second-order valence-electron chi connectivity index (χ2n) is 4.74. The number of methoxy groups -OCH3 is 1. The van der Waals surface area contributed by atoms with Gasteiger partial charge in [-0.2, -0.15) is 5.10 Å². The lowest BCUT2D eigenvalue weighted by molar-refractivity contribution is 0.102. The van der Waals surface area contributed by atoms with E-state index in [1.807, 2.05) is 19.1 Å². The molecule has 0 spiro atoms. The molecule has 2 heterocycles. The number of rotatable bonds is 4. The minimum absolute atomic E-state index is 0.275. The second kappa shape index (κ2) is 5.85. The number of aryl methyl sites for hydroxylation is 1. The Morgan fingerprint density at radius 1 is 1.32 bits per heavy atom. The van der Waals surface area contributed by atoms with E-state index < -0.39 is 0 Å². The number of fused-ring (bicyclic) bond motifs is 1. The van der Waals surface area contributed by atoms with Crippen LogP contribution >= 0.6 is 0 Å². The molecule has 2 aromatic heterocycles. The molecule has 6 nitrogen and oxygen atoms in total. The minimum Gasteiger partial charge on any atom is -0.495 e. The third-order valence-electron chi connectivity index (χ3n) is 3.38. The van der Waals surface area contributed by atoms with Crippen molar-refractivity contribution in [1.29, 1.82) is 0 Å². The van der Waals surface area contributed by atoms with Gasteiger partial charge < -0.3 is 10.1 Å². The predicted octanol–water partition coefficient (Wildman–Crippen LogP) is 2.55. The minimum atomic E-state index is -0.275. The highest BCUT2D eigenvalue weighted by molar-refractivity contribution is 6.04. The van der Waals surface area contributed by atoms with Crippen LogP contribution < -0.4 is 10.1 Å². The molecular weight excluding hydrogens is 280 g/mol. The summed E-state index contributed by atoms with van der Waals surface area (Å²) in [5.41, 5.74) is 2.56. The number of anilines is 1. The molecule has 0 aliphatic carbocycles. The van der Waals surface area contributed by atoms with Gasteiger partial charge in [0.05, 0.1) is 19.0 Å². The maximum atomic E-state index is 12.5. The molecule has 1 aromatic carbocycles. The van der Waals surface area contributed by atoms with Crippen molar-refractivity contribution in [3.8, 4) is 5.75 Å². The monoisotopic (exact) mass is 296 g/mol. The molecule has 22 heavy (non-hydrogen) atoms. The standard InChI is InChI=1S/C16H16N4O2/c1-3-11-10-13(18-15-8-9-17-20(11)15)16(21)19-12-6-4-5-7-14(12)22-2/h4-10H,3H2,1-2H3,(H,19,21). The van der Waals surface area contributed by atoms with Gasteiger partial charge in [0.1, 0.15) is 11.4 Å². The van der Waals surface area contributed by atoms with E-state index in [2.05, 4.69) is 15.4 Å². The van der Waals surface area contributed by atoms with Crippen molar-refractivity contribution in [2.75, 3.05) is 12.4 Å². The molecule has 1 amide bonds. The SMILES string of the molecule is CCc1cc(C(=O)Nc2ccccc2OC)nc2ccnn12. The summed E-state index contributed by atoms with van der Waals surface area (Å²) < 4.78 is 6.97. The summed E-state index contributed by atoms with van der Waals surface area (Å²) in [6.07, 6.45) is 2.43. The number of hydrogen-bond acceptors (Lipinski definition) is 4. The quantitative estimate of drug-likeness (QED) is 0.803. The van der Waals surface area contributed by atoms with Crippen LogP contribution in [0, 0.1) is 0 Å². The van der Waals surface area contributed by atoms with Gasteiger partial charge >= 0.3 is 0 Å². The molecule has 0 saturated carbocycles. The van der Waals surface area contributed by atoms with Crippen LogP contribution in [-0.4, -0.2) is 27.6 Å². The van der Waals surface area contributed by atoms with Gasteiger partial charge in [-0.15, -0.1) is 0 Å². The number of ether oxygens (including phenoxy) is 1. The van der Waals surface area contributed by atoms with Crippen LogP contribution in [0.5, 0.6) is 5.75 Å². The number of aromatic nitrogens is 3. The van der Waals surface area contributed by atoms with Crippen LogP contribution in [0.1, 0.15) is 23.1 Å². The smallest absolute Gasteiger partial charge is 0.274 e. The molecule has 6 heteroatoms. The van der Waals surface area contributed by atoms with Crippen molar-refractivity contribution in [3.63, 3.8) is 0 Å². The highest BCUT2D eigenvalue weighted by Gasteiger charge is 2.13. The Bertz CT molecular complexity index is 826. The fraction of sp³-hybridized carbons (Fsp3) is 0.188. The molecule has 3 rings (SSSR count). The zero-order valence-electron chi connectivity index (χ0n) is 12.4. The lowest BCUT2D eigenvalue weighted by Crippen LogP contribution is -2.16. The van der Waals surface area contributed by atoms with E-state index in [-0.39, 0.29) is 5.91 Å². The molecule has 0 aliphatic heterocycles. The average Bonchev–Trinajstić information content (AvgIpc) is 3.02. The number of nitrogens with zero attached hydrogens (tertiary/aromatic N) is 3. The Balaban J connectivity index is 1.95. The summed E-state index contributed by atoms with van der Waals surface area (Å²) in [6.45, 7) is 2.01. The number of benzene rings is 1. The normalized spacial score (nSPS) is 10.6. The summed E-state index contributed by atoms with van der Waals surface area (Å²) in [7, 11) is 1.57. The molecule has 0 fully saturated rings. The third-order valence-corrected chi connectivity index (χ3v) is 3.38. The van der Waals surface area contributed by atoms with Crippen LogP contribution in [0.4, 0.5) is 5.69 Å². The number of hydrogen-bond donors (Lipinski definition) is 1. The first-order chi connectivity index (χ1) is 10.7. The van der Waals surface area contributed by atoms with Gasteiger partial charge in [0, 0.05) is 11.8 Å². The molecule has 0 radical (unpaired) electrons. The molecule has 1 N–H and O–H groups in total. The van der Waals surface area contributed by atoms with Crippen molar-refractivity contribution in [2.45, 2.75) is 13.3 Å². The summed E-state index contributed by atoms with van der Waals surface area (Å²) in [4.78, 5) is 16.8. The van der Waals surface area contributed by atoms with Crippen molar-refractivity contribution in [1.82, 2.24) is 14.6 Å². The van der Waals surface area contributed by atoms with E-state index in [0.29, 0.717) is 22.8 Å². The van der Waals surface area contributed by atoms with E-state index in [1.165, 1.54) is 0 Å². The first kappa shape index (κ1) is 14.1. The second-order valence-corrected chi connectivity index (χ2v) is 4.74. The van der Waals surface area contributed by atoms with Gasteiger partial charge in [-0.05, 0) is 24.6 Å². The molecule has 0 unspecified atom stereocenters. The van der Waals surface area contributed by atoms with Crippen LogP contribution in [0.15, 0.2) is 42.6 Å². The molecule has 0 saturated heterocycles. The Morgan fingerprint density at radius 2 is 2.14 bits per heavy atom. The fourth-order valence-electron chi connectivity index (χ4n) is 2.28. The number of amides is 1. The molecule has 3 aromatic rings. The van der Waals surface area contributed by atoms with Gasteiger partial charge in [0.15, 0.2) is 5.65 Å². The van der Waals surface area contributed by atoms with Gasteiger partial charge in [0.25, 0.3) is 5.91 Å². The van der Waals surface area contributed by atoms with Crippen LogP contribution in [-0.2, 0) is 6.42 Å². The Labute approximate surface area is 127 Å². The number of carbonyl (C=O) groups is 1. The molecule has 0 atom stereocenters. The van der Waals surface area contributed by atoms with Crippen LogP contribution in [0.3, 0.4) is 0 Å². The molecule has 112 valence electrons. The summed E-state index contributed by atoms with van der Waals surface area (Å²) >= 11 is 0. The van der Waals surface area contributed by atoms with E-state index in [4.69, 9.17) is 4.74 Å². The Morgan fingerprint density at radius 3 is 2.91 bits per heavy atom. The van der Waals surface area contributed by atoms with Crippen molar-refractivity contribution >= 4 is 17.2 Å². The zero-order valence-corrected chi connectivity index (χ0v) is 12.4. The predicted molar refractivity (Wildman–Crippen MR) is 83.3 cm³/mol. The zero-order chi connectivity index (χ0) is 15.5. The Hall–Kier alpha value is -2.89. The largest absolute Gasteiger partial charge is 0.495 e. The highest BCUT2D eigenvalue weighted by atomic mass is 16.5. The highest BCUT2D eigenvalue weighted by Crippen LogP contribution is 2.23. The number of carbonyl (C=O) groups excluding carboxylic acids is 1. The summed E-state index contributed by atoms with van der Waals surface area (Å²) in [5.74, 6) is 0.333. The van der Waals surface area contributed by atoms with Gasteiger partial charge in [0.2, 0.25) is 0 Å². The van der Waals surface area contributed by atoms with Gasteiger partial charge in [-0.3, -0.25) is 4.79 Å². The van der Waals surface area contributed by atoms with Crippen LogP contribution in [0.2, 0.25) is 0 Å². The van der Waals surface area contributed by atoms with Gasteiger partial charge in [-0.25, -0.2) is 9.50 Å². The van der Waals surface area contributed by atoms with Crippen molar-refractivity contribution in [2.24, 2.45) is 0 Å². The molecular formula is C16H16N4O2. The fourth-order valence-corrected chi connectivity index (χ4v) is 2.28. The summed E-state index contributed by atoms with van der Waals surface area (Å²) in [6, 6.07) is 10.8. The van der Waals surface area contributed by atoms with Crippen LogP contribution in [0.25, 0.3) is 5.65 Å². The summed E-state index contributed by atoms with van der Waals surface area (Å²) in [5, 5.41) is 7.03. The average molecular weight is 296 g/mol. The topological polar surface area (TPSA) is 68.5 Å². The van der Waals surface area contributed by atoms with E-state index in [1.54, 1.807) is 42.1 Å².